The number of rotatable bonds is 4. The zero-order chi connectivity index (χ0) is 13.1. The van der Waals surface area contributed by atoms with E-state index in [0.717, 1.165) is 16.5 Å². The Labute approximate surface area is 127 Å². The first-order valence-electron chi connectivity index (χ1n) is 5.46. The van der Waals surface area contributed by atoms with Crippen molar-refractivity contribution in [3.05, 3.63) is 54.8 Å². The molecule has 1 aromatic heterocycles. The largest absolute Gasteiger partial charge is 0.313 e. The van der Waals surface area contributed by atoms with Crippen LogP contribution in [0.2, 0.25) is 0 Å². The zero-order valence-corrected chi connectivity index (χ0v) is 13.7. The molecule has 1 unspecified atom stereocenters. The van der Waals surface area contributed by atoms with Crippen LogP contribution in [0.25, 0.3) is 0 Å². The smallest absolute Gasteiger partial charge is 0.137 e. The Balaban J connectivity index is 2.23. The van der Waals surface area contributed by atoms with Gasteiger partial charge in [-0.05, 0) is 68.1 Å². The Kier molecular flexibility index (Phi) is 4.95. The molecule has 5 heteroatoms. The van der Waals surface area contributed by atoms with Crippen LogP contribution < -0.4 is 5.32 Å². The van der Waals surface area contributed by atoms with Crippen molar-refractivity contribution >= 4 is 43.2 Å². The van der Waals surface area contributed by atoms with E-state index in [1.54, 1.807) is 23.5 Å². The summed E-state index contributed by atoms with van der Waals surface area (Å²) in [5.41, 5.74) is 0.957. The number of thiophene rings is 1. The Bertz CT molecular complexity index is 542. The van der Waals surface area contributed by atoms with E-state index < -0.39 is 0 Å². The van der Waals surface area contributed by atoms with Gasteiger partial charge in [0.05, 0.1) is 4.47 Å². The van der Waals surface area contributed by atoms with Crippen molar-refractivity contribution in [2.24, 2.45) is 0 Å². The molecule has 0 bridgehead atoms. The standard InChI is InChI=1S/C13H12Br2FNS/c1-17-12(7-13-10(15)4-5-18-13)8-2-3-9(14)11(16)6-8/h2-6,12,17H,7H2,1H3. The molecule has 0 amide bonds. The minimum atomic E-state index is -0.224. The molecule has 0 aliphatic carbocycles. The molecular weight excluding hydrogens is 381 g/mol. The van der Waals surface area contributed by atoms with E-state index in [1.165, 1.54) is 4.88 Å². The highest BCUT2D eigenvalue weighted by molar-refractivity contribution is 9.10. The minimum absolute atomic E-state index is 0.113. The fraction of sp³-hybridized carbons (Fsp3) is 0.231. The van der Waals surface area contributed by atoms with Crippen LogP contribution >= 0.6 is 43.2 Å². The molecular formula is C13H12Br2FNS. The molecule has 18 heavy (non-hydrogen) atoms. The van der Waals surface area contributed by atoms with Crippen molar-refractivity contribution in [3.63, 3.8) is 0 Å². The van der Waals surface area contributed by atoms with Gasteiger partial charge < -0.3 is 5.32 Å². The molecule has 0 radical (unpaired) electrons. The van der Waals surface area contributed by atoms with Crippen LogP contribution in [-0.2, 0) is 6.42 Å². The number of benzene rings is 1. The summed E-state index contributed by atoms with van der Waals surface area (Å²) < 4.78 is 15.2. The molecule has 2 aromatic rings. The van der Waals surface area contributed by atoms with Gasteiger partial charge in [0.25, 0.3) is 0 Å². The van der Waals surface area contributed by atoms with Crippen LogP contribution in [0.1, 0.15) is 16.5 Å². The predicted molar refractivity (Wildman–Crippen MR) is 81.6 cm³/mol. The molecule has 0 saturated heterocycles. The fourth-order valence-electron chi connectivity index (χ4n) is 1.77. The minimum Gasteiger partial charge on any atom is -0.313 e. The number of hydrogen-bond donors (Lipinski definition) is 1. The van der Waals surface area contributed by atoms with Gasteiger partial charge in [-0.2, -0.15) is 0 Å². The maximum absolute atomic E-state index is 13.6. The van der Waals surface area contributed by atoms with Gasteiger partial charge in [-0.1, -0.05) is 6.07 Å². The topological polar surface area (TPSA) is 12.0 Å². The zero-order valence-electron chi connectivity index (χ0n) is 9.71. The quantitative estimate of drug-likeness (QED) is 0.778. The van der Waals surface area contributed by atoms with E-state index in [4.69, 9.17) is 0 Å². The first kappa shape index (κ1) is 14.2. The lowest BCUT2D eigenvalue weighted by Crippen LogP contribution is -2.18. The average molecular weight is 393 g/mol. The van der Waals surface area contributed by atoms with Crippen molar-refractivity contribution in [2.75, 3.05) is 7.05 Å². The van der Waals surface area contributed by atoms with Gasteiger partial charge in [0.1, 0.15) is 5.82 Å². The first-order chi connectivity index (χ1) is 8.61. The van der Waals surface area contributed by atoms with Gasteiger partial charge in [0.2, 0.25) is 0 Å². The monoisotopic (exact) mass is 391 g/mol. The second-order valence-electron chi connectivity index (χ2n) is 3.91. The van der Waals surface area contributed by atoms with E-state index in [2.05, 4.69) is 37.2 Å². The summed E-state index contributed by atoms with van der Waals surface area (Å²) in [7, 11) is 1.89. The molecule has 1 nitrogen and oxygen atoms in total. The molecule has 0 aliphatic rings. The summed E-state index contributed by atoms with van der Waals surface area (Å²) in [6.45, 7) is 0. The third kappa shape index (κ3) is 3.20. The molecule has 0 spiro atoms. The van der Waals surface area contributed by atoms with Crippen LogP contribution in [0, 0.1) is 5.82 Å². The van der Waals surface area contributed by atoms with Crippen molar-refractivity contribution in [1.82, 2.24) is 5.32 Å². The van der Waals surface area contributed by atoms with Gasteiger partial charge in [-0.15, -0.1) is 11.3 Å². The first-order valence-corrected chi connectivity index (χ1v) is 7.92. The molecule has 1 heterocycles. The number of halogens is 3. The second kappa shape index (κ2) is 6.28. The molecule has 0 aliphatic heterocycles. The SMILES string of the molecule is CNC(Cc1sccc1Br)c1ccc(Br)c(F)c1. The van der Waals surface area contributed by atoms with Crippen molar-refractivity contribution < 1.29 is 4.39 Å². The van der Waals surface area contributed by atoms with Gasteiger partial charge in [0, 0.05) is 21.8 Å². The summed E-state index contributed by atoms with van der Waals surface area (Å²) in [6, 6.07) is 7.42. The molecule has 96 valence electrons. The van der Waals surface area contributed by atoms with Crippen LogP contribution in [0.15, 0.2) is 38.6 Å². The Morgan fingerprint density at radius 1 is 1.28 bits per heavy atom. The predicted octanol–water partition coefficient (Wildman–Crippen LogP) is 4.92. The van der Waals surface area contributed by atoms with Crippen molar-refractivity contribution in [1.29, 1.82) is 0 Å². The van der Waals surface area contributed by atoms with E-state index >= 15 is 0 Å². The molecule has 0 saturated carbocycles. The molecule has 1 atom stereocenters. The summed E-state index contributed by atoms with van der Waals surface area (Å²) in [6.07, 6.45) is 0.843. The van der Waals surface area contributed by atoms with Crippen LogP contribution in [0.3, 0.4) is 0 Å². The molecule has 1 N–H and O–H groups in total. The van der Waals surface area contributed by atoms with E-state index in [9.17, 15) is 4.39 Å². The van der Waals surface area contributed by atoms with Gasteiger partial charge >= 0.3 is 0 Å². The average Bonchev–Trinajstić information content (AvgIpc) is 2.75. The Morgan fingerprint density at radius 2 is 2.06 bits per heavy atom. The van der Waals surface area contributed by atoms with E-state index in [1.807, 2.05) is 24.6 Å². The van der Waals surface area contributed by atoms with Crippen molar-refractivity contribution in [3.8, 4) is 0 Å². The number of likely N-dealkylation sites (N-methyl/N-ethyl adjacent to an activating group) is 1. The summed E-state index contributed by atoms with van der Waals surface area (Å²) in [5, 5.41) is 5.28. The lowest BCUT2D eigenvalue weighted by molar-refractivity contribution is 0.577. The van der Waals surface area contributed by atoms with Crippen LogP contribution in [0.4, 0.5) is 4.39 Å². The number of nitrogens with one attached hydrogen (secondary N) is 1. The molecule has 1 aromatic carbocycles. The lowest BCUT2D eigenvalue weighted by atomic mass is 10.0. The highest BCUT2D eigenvalue weighted by Crippen LogP contribution is 2.29. The maximum atomic E-state index is 13.6. The maximum Gasteiger partial charge on any atom is 0.137 e. The lowest BCUT2D eigenvalue weighted by Gasteiger charge is -2.16. The van der Waals surface area contributed by atoms with E-state index in [-0.39, 0.29) is 11.9 Å². The Hall–Kier alpha value is -0.230. The highest BCUT2D eigenvalue weighted by Gasteiger charge is 2.14. The highest BCUT2D eigenvalue weighted by atomic mass is 79.9. The third-order valence-electron chi connectivity index (χ3n) is 2.78. The van der Waals surface area contributed by atoms with Gasteiger partial charge in [-0.3, -0.25) is 0 Å². The summed E-state index contributed by atoms with van der Waals surface area (Å²) in [4.78, 5) is 1.26. The molecule has 0 fully saturated rings. The second-order valence-corrected chi connectivity index (χ2v) is 6.62. The fourth-order valence-corrected chi connectivity index (χ4v) is 3.58. The molecule has 2 rings (SSSR count). The van der Waals surface area contributed by atoms with Crippen LogP contribution in [0.5, 0.6) is 0 Å². The Morgan fingerprint density at radius 3 is 2.61 bits per heavy atom. The van der Waals surface area contributed by atoms with E-state index in [0.29, 0.717) is 4.47 Å². The third-order valence-corrected chi connectivity index (χ3v) is 5.37. The summed E-state index contributed by atoms with van der Waals surface area (Å²) >= 11 is 8.40. The van der Waals surface area contributed by atoms with Gasteiger partial charge in [-0.25, -0.2) is 4.39 Å². The van der Waals surface area contributed by atoms with Crippen molar-refractivity contribution in [2.45, 2.75) is 12.5 Å². The van der Waals surface area contributed by atoms with Crippen LogP contribution in [-0.4, -0.2) is 7.05 Å². The number of hydrogen-bond acceptors (Lipinski definition) is 2. The summed E-state index contributed by atoms with van der Waals surface area (Å²) in [5.74, 6) is -0.224. The normalized spacial score (nSPS) is 12.7. The van der Waals surface area contributed by atoms with Gasteiger partial charge in [0.15, 0.2) is 0 Å².